The Morgan fingerprint density at radius 3 is 3.25 bits per heavy atom. The zero-order valence-corrected chi connectivity index (χ0v) is 10.1. The van der Waals surface area contributed by atoms with Gasteiger partial charge in [0.15, 0.2) is 0 Å². The van der Waals surface area contributed by atoms with Crippen LogP contribution in [0.4, 0.5) is 0 Å². The molecule has 16 heavy (non-hydrogen) atoms. The summed E-state index contributed by atoms with van der Waals surface area (Å²) in [5.41, 5.74) is 3.51. The van der Waals surface area contributed by atoms with Crippen molar-refractivity contribution >= 4 is 17.7 Å². The molecular weight excluding hydrogens is 222 g/mol. The van der Waals surface area contributed by atoms with E-state index < -0.39 is 5.97 Å². The molecule has 1 unspecified atom stereocenters. The summed E-state index contributed by atoms with van der Waals surface area (Å²) < 4.78 is 0. The molecule has 3 nitrogen and oxygen atoms in total. The molecule has 0 radical (unpaired) electrons. The van der Waals surface area contributed by atoms with E-state index in [0.717, 1.165) is 23.5 Å². The van der Waals surface area contributed by atoms with Crippen LogP contribution in [-0.2, 0) is 17.0 Å². The van der Waals surface area contributed by atoms with Gasteiger partial charge in [-0.15, -0.1) is 0 Å². The normalized spacial score (nSPS) is 16.6. The van der Waals surface area contributed by atoms with Gasteiger partial charge in [-0.25, -0.2) is 0 Å². The van der Waals surface area contributed by atoms with Crippen LogP contribution in [0.2, 0.25) is 0 Å². The highest BCUT2D eigenvalue weighted by Gasteiger charge is 2.15. The molecule has 0 aliphatic carbocycles. The lowest BCUT2D eigenvalue weighted by molar-refractivity contribution is -0.137. The summed E-state index contributed by atoms with van der Waals surface area (Å²) in [6.07, 6.45) is 3.05. The van der Waals surface area contributed by atoms with Gasteiger partial charge in [0.2, 0.25) is 0 Å². The van der Waals surface area contributed by atoms with E-state index in [1.807, 2.05) is 24.9 Å². The second-order valence-electron chi connectivity index (χ2n) is 4.18. The molecule has 0 bridgehead atoms. The monoisotopic (exact) mass is 237 g/mol. The van der Waals surface area contributed by atoms with Crippen LogP contribution in [0.3, 0.4) is 0 Å². The summed E-state index contributed by atoms with van der Waals surface area (Å²) in [4.78, 5) is 15.1. The molecule has 0 saturated carbocycles. The van der Waals surface area contributed by atoms with E-state index in [9.17, 15) is 4.79 Å². The van der Waals surface area contributed by atoms with Gasteiger partial charge in [0, 0.05) is 17.6 Å². The van der Waals surface area contributed by atoms with E-state index in [4.69, 9.17) is 5.11 Å². The number of carboxylic acids is 1. The SMILES string of the molecule is CC(CC(=O)O)c1cnc2c(c1)CSCC2. The molecule has 0 spiro atoms. The fourth-order valence-electron chi connectivity index (χ4n) is 1.91. The highest BCUT2D eigenvalue weighted by atomic mass is 32.2. The van der Waals surface area contributed by atoms with Gasteiger partial charge in [-0.05, 0) is 29.2 Å². The third kappa shape index (κ3) is 2.55. The maximum Gasteiger partial charge on any atom is 0.303 e. The van der Waals surface area contributed by atoms with Gasteiger partial charge >= 0.3 is 5.97 Å². The Labute approximate surface area is 99.3 Å². The molecule has 4 heteroatoms. The Bertz CT molecular complexity index is 406. The first kappa shape index (κ1) is 11.5. The Kier molecular flexibility index (Phi) is 3.49. The number of hydrogen-bond donors (Lipinski definition) is 1. The number of thioether (sulfide) groups is 1. The molecule has 0 amide bonds. The topological polar surface area (TPSA) is 50.2 Å². The molecule has 0 aromatic carbocycles. The molecule has 1 aliphatic rings. The van der Waals surface area contributed by atoms with Crippen LogP contribution in [0, 0.1) is 0 Å². The van der Waals surface area contributed by atoms with Crippen molar-refractivity contribution in [3.05, 3.63) is 29.1 Å². The lowest BCUT2D eigenvalue weighted by Crippen LogP contribution is -2.08. The van der Waals surface area contributed by atoms with Gasteiger partial charge in [-0.1, -0.05) is 13.0 Å². The van der Waals surface area contributed by atoms with E-state index >= 15 is 0 Å². The molecule has 1 aromatic heterocycles. The Balaban J connectivity index is 2.19. The quantitative estimate of drug-likeness (QED) is 0.877. The summed E-state index contributed by atoms with van der Waals surface area (Å²) in [6, 6.07) is 2.13. The third-order valence-electron chi connectivity index (χ3n) is 2.87. The van der Waals surface area contributed by atoms with E-state index in [0.29, 0.717) is 0 Å². The average Bonchev–Trinajstić information content (AvgIpc) is 2.27. The lowest BCUT2D eigenvalue weighted by Gasteiger charge is -2.17. The van der Waals surface area contributed by atoms with E-state index in [-0.39, 0.29) is 12.3 Å². The van der Waals surface area contributed by atoms with Crippen molar-refractivity contribution in [2.45, 2.75) is 31.4 Å². The van der Waals surface area contributed by atoms with Gasteiger partial charge in [-0.2, -0.15) is 11.8 Å². The minimum Gasteiger partial charge on any atom is -0.481 e. The van der Waals surface area contributed by atoms with E-state index in [1.165, 1.54) is 11.3 Å². The maximum absolute atomic E-state index is 10.6. The second-order valence-corrected chi connectivity index (χ2v) is 5.28. The summed E-state index contributed by atoms with van der Waals surface area (Å²) >= 11 is 1.92. The number of carboxylic acid groups (broad SMARTS) is 1. The summed E-state index contributed by atoms with van der Waals surface area (Å²) in [7, 11) is 0. The van der Waals surface area contributed by atoms with Crippen molar-refractivity contribution in [2.24, 2.45) is 0 Å². The zero-order chi connectivity index (χ0) is 11.5. The number of rotatable bonds is 3. The molecular formula is C12H15NO2S. The molecule has 1 N–H and O–H groups in total. The molecule has 1 aliphatic heterocycles. The van der Waals surface area contributed by atoms with Crippen molar-refractivity contribution in [2.75, 3.05) is 5.75 Å². The van der Waals surface area contributed by atoms with Crippen molar-refractivity contribution in [1.82, 2.24) is 4.98 Å². The average molecular weight is 237 g/mol. The van der Waals surface area contributed by atoms with Crippen LogP contribution >= 0.6 is 11.8 Å². The number of pyridine rings is 1. The van der Waals surface area contributed by atoms with Crippen molar-refractivity contribution < 1.29 is 9.90 Å². The molecule has 2 heterocycles. The molecule has 2 rings (SSSR count). The standard InChI is InChI=1S/C12H15NO2S/c1-8(4-12(14)15)9-5-10-7-16-3-2-11(10)13-6-9/h5-6,8H,2-4,7H2,1H3,(H,14,15). The number of hydrogen-bond acceptors (Lipinski definition) is 3. The first-order chi connectivity index (χ1) is 7.66. The number of aryl methyl sites for hydroxylation is 1. The van der Waals surface area contributed by atoms with Crippen molar-refractivity contribution in [3.63, 3.8) is 0 Å². The number of aromatic nitrogens is 1. The van der Waals surface area contributed by atoms with Gasteiger partial charge in [0.25, 0.3) is 0 Å². The predicted molar refractivity (Wildman–Crippen MR) is 64.8 cm³/mol. The van der Waals surface area contributed by atoms with E-state index in [2.05, 4.69) is 11.1 Å². The number of aliphatic carboxylic acids is 1. The Morgan fingerprint density at radius 2 is 2.50 bits per heavy atom. The van der Waals surface area contributed by atoms with Gasteiger partial charge in [-0.3, -0.25) is 9.78 Å². The number of carbonyl (C=O) groups is 1. The number of nitrogens with zero attached hydrogens (tertiary/aromatic N) is 1. The molecule has 0 saturated heterocycles. The Morgan fingerprint density at radius 1 is 1.69 bits per heavy atom. The van der Waals surface area contributed by atoms with Gasteiger partial charge < -0.3 is 5.11 Å². The second kappa shape index (κ2) is 4.87. The highest BCUT2D eigenvalue weighted by Crippen LogP contribution is 2.27. The van der Waals surface area contributed by atoms with Crippen LogP contribution < -0.4 is 0 Å². The van der Waals surface area contributed by atoms with Crippen molar-refractivity contribution in [3.8, 4) is 0 Å². The van der Waals surface area contributed by atoms with Gasteiger partial charge in [0.05, 0.1) is 6.42 Å². The van der Waals surface area contributed by atoms with Gasteiger partial charge in [0.1, 0.15) is 0 Å². The minimum absolute atomic E-state index is 0.0437. The minimum atomic E-state index is -0.750. The first-order valence-corrected chi connectivity index (χ1v) is 6.59. The van der Waals surface area contributed by atoms with E-state index in [1.54, 1.807) is 0 Å². The molecule has 86 valence electrons. The molecule has 1 aromatic rings. The smallest absolute Gasteiger partial charge is 0.303 e. The first-order valence-electron chi connectivity index (χ1n) is 5.44. The highest BCUT2D eigenvalue weighted by molar-refractivity contribution is 7.98. The molecule has 0 fully saturated rings. The van der Waals surface area contributed by atoms with Crippen molar-refractivity contribution in [1.29, 1.82) is 0 Å². The largest absolute Gasteiger partial charge is 0.481 e. The third-order valence-corrected chi connectivity index (χ3v) is 3.88. The van der Waals surface area contributed by atoms with Crippen LogP contribution in [0.5, 0.6) is 0 Å². The summed E-state index contributed by atoms with van der Waals surface area (Å²) in [5.74, 6) is 1.45. The summed E-state index contributed by atoms with van der Waals surface area (Å²) in [5, 5.41) is 8.76. The molecule has 1 atom stereocenters. The lowest BCUT2D eigenvalue weighted by atomic mass is 9.97. The maximum atomic E-state index is 10.6. The predicted octanol–water partition coefficient (Wildman–Crippen LogP) is 2.45. The fraction of sp³-hybridized carbons (Fsp3) is 0.500. The number of fused-ring (bicyclic) bond motifs is 1. The van der Waals surface area contributed by atoms with Crippen LogP contribution in [-0.4, -0.2) is 21.8 Å². The Hall–Kier alpha value is -1.03. The summed E-state index contributed by atoms with van der Waals surface area (Å²) in [6.45, 7) is 1.94. The fourth-order valence-corrected chi connectivity index (χ4v) is 2.86. The van der Waals surface area contributed by atoms with Crippen LogP contribution in [0.1, 0.15) is 36.1 Å². The van der Waals surface area contributed by atoms with Crippen LogP contribution in [0.25, 0.3) is 0 Å². The zero-order valence-electron chi connectivity index (χ0n) is 9.27. The van der Waals surface area contributed by atoms with Crippen LogP contribution in [0.15, 0.2) is 12.3 Å².